The topological polar surface area (TPSA) is 231 Å². The van der Waals surface area contributed by atoms with Crippen LogP contribution in [0.3, 0.4) is 0 Å². The van der Waals surface area contributed by atoms with Crippen LogP contribution in [0.4, 0.5) is 35.1 Å². The lowest BCUT2D eigenvalue weighted by atomic mass is 9.83. The molecule has 4 aromatic carbocycles. The van der Waals surface area contributed by atoms with Crippen molar-refractivity contribution in [3.05, 3.63) is 186 Å². The predicted molar refractivity (Wildman–Crippen MR) is 296 cm³/mol. The van der Waals surface area contributed by atoms with Crippen LogP contribution in [0.2, 0.25) is 0 Å². The summed E-state index contributed by atoms with van der Waals surface area (Å²) in [6, 6.07) is 17.9. The Morgan fingerprint density at radius 1 is 0.488 bits per heavy atom. The van der Waals surface area contributed by atoms with Crippen LogP contribution in [0.5, 0.6) is 11.5 Å². The number of nitrogens with zero attached hydrogens (tertiary/aromatic N) is 4. The highest BCUT2D eigenvalue weighted by Gasteiger charge is 2.34. The van der Waals surface area contributed by atoms with E-state index in [1.165, 1.54) is 33.9 Å². The smallest absolute Gasteiger partial charge is 0.304 e. The highest BCUT2D eigenvalue weighted by molar-refractivity contribution is 5.94. The van der Waals surface area contributed by atoms with Crippen molar-refractivity contribution in [3.63, 3.8) is 0 Å². The number of ether oxygens (including phenoxy) is 2. The summed E-state index contributed by atoms with van der Waals surface area (Å²) in [6.07, 6.45) is 0.0884. The van der Waals surface area contributed by atoms with Crippen molar-refractivity contribution in [1.82, 2.24) is 19.6 Å². The van der Waals surface area contributed by atoms with Gasteiger partial charge in [-0.15, -0.1) is 0 Å². The molecule has 0 spiro atoms. The molecule has 2 heterocycles. The molecular formula is C62H64F8N4O12. The zero-order chi connectivity index (χ0) is 64.1. The Morgan fingerprint density at radius 3 is 1.09 bits per heavy atom. The first-order valence-corrected chi connectivity index (χ1v) is 27.1. The van der Waals surface area contributed by atoms with Crippen LogP contribution >= 0.6 is 0 Å². The molecule has 0 unspecified atom stereocenters. The quantitative estimate of drug-likeness (QED) is 0.0380. The Bertz CT molecular complexity index is 3340. The average Bonchev–Trinajstić information content (AvgIpc) is 3.65. The number of carbonyl (C=O) groups excluding carboxylic acids is 4. The minimum absolute atomic E-state index is 0.0352. The van der Waals surface area contributed by atoms with Gasteiger partial charge in [-0.2, -0.15) is 27.8 Å². The van der Waals surface area contributed by atoms with Crippen LogP contribution in [0.15, 0.2) is 94.8 Å². The van der Waals surface area contributed by atoms with Gasteiger partial charge in [-0.25, -0.2) is 26.9 Å². The molecule has 16 nitrogen and oxygen atoms in total. The van der Waals surface area contributed by atoms with E-state index in [1.54, 1.807) is 13.8 Å². The number of hydrogen-bond acceptors (Lipinski definition) is 12. The van der Waals surface area contributed by atoms with Crippen molar-refractivity contribution < 1.29 is 83.6 Å². The summed E-state index contributed by atoms with van der Waals surface area (Å²) in [5, 5.41) is 27.0. The molecule has 24 heteroatoms. The van der Waals surface area contributed by atoms with Crippen molar-refractivity contribution in [2.24, 2.45) is 11.8 Å². The summed E-state index contributed by atoms with van der Waals surface area (Å²) in [4.78, 5) is 102. The van der Waals surface area contributed by atoms with Crippen LogP contribution in [-0.2, 0) is 52.7 Å². The van der Waals surface area contributed by atoms with Crippen molar-refractivity contribution in [1.29, 1.82) is 0 Å². The third kappa shape index (κ3) is 17.2. The highest BCUT2D eigenvalue weighted by Crippen LogP contribution is 2.32. The van der Waals surface area contributed by atoms with Gasteiger partial charge in [0, 0.05) is 72.2 Å². The van der Waals surface area contributed by atoms with Gasteiger partial charge in [-0.3, -0.25) is 38.4 Å². The van der Waals surface area contributed by atoms with Crippen molar-refractivity contribution in [2.75, 3.05) is 13.2 Å². The van der Waals surface area contributed by atoms with E-state index in [4.69, 9.17) is 0 Å². The SMILES string of the molecule is CC[C@@H](C(=O)C[C@@H](CC(=O)O)C(=O)COc1c(F)c(F)cc(F)c1F)c1ccnn(Cc2ccccc2C(C)(C)C)c1=O.CC[C@H](C(=O)C[C@@H](CC(=O)O)C(=O)COc1c(F)c(F)cc(F)c1F)c1ccnn(Cc2ccccc2C(C)(C)C)c1=O. The number of halogens is 8. The number of carboxylic acid groups (broad SMARTS) is 2. The summed E-state index contributed by atoms with van der Waals surface area (Å²) in [7, 11) is 0. The number of rotatable bonds is 26. The van der Waals surface area contributed by atoms with Gasteiger partial charge in [-0.1, -0.05) is 104 Å². The van der Waals surface area contributed by atoms with Crippen LogP contribution in [0.1, 0.15) is 139 Å². The Balaban J connectivity index is 0.000000314. The van der Waals surface area contributed by atoms with Crippen LogP contribution in [0, 0.1) is 58.4 Å². The highest BCUT2D eigenvalue weighted by atomic mass is 19.2. The minimum Gasteiger partial charge on any atom is -0.481 e. The van der Waals surface area contributed by atoms with E-state index in [-0.39, 0.29) is 60.0 Å². The Labute approximate surface area is 488 Å². The predicted octanol–water partition coefficient (Wildman–Crippen LogP) is 10.7. The van der Waals surface area contributed by atoms with Crippen LogP contribution in [-0.4, -0.2) is 78.1 Å². The second-order valence-corrected chi connectivity index (χ2v) is 22.3. The van der Waals surface area contributed by atoms with E-state index < -0.39 is 167 Å². The largest absolute Gasteiger partial charge is 0.481 e. The average molecular weight is 1210 g/mol. The normalized spacial score (nSPS) is 12.9. The summed E-state index contributed by atoms with van der Waals surface area (Å²) < 4.78 is 122. The molecule has 6 rings (SSSR count). The van der Waals surface area contributed by atoms with E-state index in [2.05, 4.69) is 19.7 Å². The van der Waals surface area contributed by atoms with Gasteiger partial charge in [-0.05, 0) is 58.1 Å². The molecule has 2 aromatic heterocycles. The molecule has 6 aromatic rings. The second-order valence-electron chi connectivity index (χ2n) is 22.3. The maximum absolute atomic E-state index is 13.9. The minimum atomic E-state index is -1.87. The number of ketones is 4. The van der Waals surface area contributed by atoms with Gasteiger partial charge in [0.05, 0.1) is 25.9 Å². The third-order valence-corrected chi connectivity index (χ3v) is 14.0. The lowest BCUT2D eigenvalue weighted by Crippen LogP contribution is -2.32. The van der Waals surface area contributed by atoms with Gasteiger partial charge in [0.2, 0.25) is 23.3 Å². The van der Waals surface area contributed by atoms with E-state index in [9.17, 15) is 83.7 Å². The zero-order valence-corrected chi connectivity index (χ0v) is 48.3. The fraction of sp³-hybridized carbons (Fsp3) is 0.387. The number of benzene rings is 4. The van der Waals surface area contributed by atoms with Gasteiger partial charge in [0.1, 0.15) is 24.8 Å². The molecule has 2 N–H and O–H groups in total. The zero-order valence-electron chi connectivity index (χ0n) is 48.3. The standard InChI is InChI=1S/2C31H32F4N2O6/c2*1-5-19(20-10-11-36-37(30(20)42)15-17-8-6-7-9-21(17)31(2,3)4)24(38)12-18(13-26(40)41)25(39)16-43-29-27(34)22(32)14-23(33)28(29)35/h2*6-11,14,18-19H,5,12-13,15-16H2,1-4H3,(H,40,41)/t18-,19+;18-,19-/m00/s1. The van der Waals surface area contributed by atoms with Gasteiger partial charge < -0.3 is 19.7 Å². The van der Waals surface area contributed by atoms with Gasteiger partial charge in [0.25, 0.3) is 11.1 Å². The number of aliphatic carboxylic acids is 2. The lowest BCUT2D eigenvalue weighted by molar-refractivity contribution is -0.142. The fourth-order valence-corrected chi connectivity index (χ4v) is 9.70. The van der Waals surface area contributed by atoms with E-state index >= 15 is 0 Å². The van der Waals surface area contributed by atoms with Crippen molar-refractivity contribution in [2.45, 2.75) is 130 Å². The van der Waals surface area contributed by atoms with Crippen molar-refractivity contribution >= 4 is 35.1 Å². The second kappa shape index (κ2) is 29.4. The van der Waals surface area contributed by atoms with Crippen molar-refractivity contribution in [3.8, 4) is 11.5 Å². The first-order chi connectivity index (χ1) is 40.3. The molecule has 0 aliphatic rings. The van der Waals surface area contributed by atoms with Gasteiger partial charge >= 0.3 is 11.9 Å². The molecule has 0 radical (unpaired) electrons. The molecule has 0 amide bonds. The Morgan fingerprint density at radius 2 is 0.802 bits per heavy atom. The molecular weight excluding hydrogens is 1140 g/mol. The molecule has 0 aliphatic carbocycles. The molecule has 86 heavy (non-hydrogen) atoms. The first kappa shape index (κ1) is 68.1. The van der Waals surface area contributed by atoms with Crippen LogP contribution < -0.4 is 20.6 Å². The van der Waals surface area contributed by atoms with E-state index in [1.807, 2.05) is 90.1 Å². The van der Waals surface area contributed by atoms with Crippen LogP contribution in [0.25, 0.3) is 0 Å². The Hall–Kier alpha value is -8.70. The van der Waals surface area contributed by atoms with Gasteiger partial charge in [0.15, 0.2) is 46.3 Å². The molecule has 4 atom stereocenters. The summed E-state index contributed by atoms with van der Waals surface area (Å²) in [5.41, 5.74) is 2.46. The van der Waals surface area contributed by atoms with E-state index in [0.29, 0.717) is 0 Å². The molecule has 0 fully saturated rings. The molecule has 0 aliphatic heterocycles. The summed E-state index contributed by atoms with van der Waals surface area (Å²) >= 11 is 0. The lowest BCUT2D eigenvalue weighted by Gasteiger charge is -2.23. The third-order valence-electron chi connectivity index (χ3n) is 14.0. The number of aromatic nitrogens is 4. The number of hydrogen-bond donors (Lipinski definition) is 2. The summed E-state index contributed by atoms with van der Waals surface area (Å²) in [6.45, 7) is 13.4. The summed E-state index contributed by atoms with van der Waals surface area (Å²) in [5.74, 6) is -28.8. The maximum Gasteiger partial charge on any atom is 0.304 e. The Kier molecular flexibility index (Phi) is 23.3. The number of Topliss-reactive ketones (excluding diaryl/α,β-unsaturated/α-hetero) is 4. The monoisotopic (exact) mass is 1210 g/mol. The fourth-order valence-electron chi connectivity index (χ4n) is 9.70. The number of carboxylic acids is 2. The number of carbonyl (C=O) groups is 6. The maximum atomic E-state index is 13.9. The molecule has 0 saturated carbocycles. The van der Waals surface area contributed by atoms with E-state index in [0.717, 1.165) is 22.3 Å². The molecule has 0 bridgehead atoms. The first-order valence-electron chi connectivity index (χ1n) is 27.1. The molecule has 0 saturated heterocycles. The molecule has 460 valence electrons.